The number of hydrogen-bond acceptors (Lipinski definition) is 2. The third-order valence-electron chi connectivity index (χ3n) is 1.56. The molecule has 1 aromatic carbocycles. The highest BCUT2D eigenvalue weighted by Crippen LogP contribution is 2.02. The van der Waals surface area contributed by atoms with Crippen LogP contribution in [0.15, 0.2) is 24.3 Å². The second kappa shape index (κ2) is 4.98. The van der Waals surface area contributed by atoms with Gasteiger partial charge in [0.15, 0.2) is 0 Å². The fourth-order valence-electron chi connectivity index (χ4n) is 0.962. The van der Waals surface area contributed by atoms with Gasteiger partial charge in [-0.25, -0.2) is 0 Å². The van der Waals surface area contributed by atoms with Crippen LogP contribution in [0.2, 0.25) is 0 Å². The zero-order chi connectivity index (χ0) is 9.52. The summed E-state index contributed by atoms with van der Waals surface area (Å²) in [6.45, 7) is 0.522. The lowest BCUT2D eigenvalue weighted by molar-refractivity contribution is 1.07. The van der Waals surface area contributed by atoms with Gasteiger partial charge in [0.2, 0.25) is 0 Å². The summed E-state index contributed by atoms with van der Waals surface area (Å²) in [4.78, 5) is 0. The van der Waals surface area contributed by atoms with Gasteiger partial charge in [-0.1, -0.05) is 24.0 Å². The van der Waals surface area contributed by atoms with Gasteiger partial charge < -0.3 is 5.73 Å². The van der Waals surface area contributed by atoms with Crippen LogP contribution in [0.1, 0.15) is 17.5 Å². The van der Waals surface area contributed by atoms with Gasteiger partial charge in [-0.2, -0.15) is 5.26 Å². The number of nitriles is 1. The summed E-state index contributed by atoms with van der Waals surface area (Å²) in [5.41, 5.74) is 7.45. The quantitative estimate of drug-likeness (QED) is 0.648. The molecule has 0 aromatic heterocycles. The average molecular weight is 170 g/mol. The van der Waals surface area contributed by atoms with Crippen molar-refractivity contribution in [2.45, 2.75) is 13.0 Å². The lowest BCUT2D eigenvalue weighted by Crippen LogP contribution is -1.95. The van der Waals surface area contributed by atoms with Gasteiger partial charge in [-0.15, -0.1) is 0 Å². The van der Waals surface area contributed by atoms with Gasteiger partial charge in [0.05, 0.1) is 12.5 Å². The smallest absolute Gasteiger partial charge is 0.0966 e. The van der Waals surface area contributed by atoms with E-state index in [4.69, 9.17) is 11.0 Å². The van der Waals surface area contributed by atoms with E-state index in [0.29, 0.717) is 6.54 Å². The zero-order valence-electron chi connectivity index (χ0n) is 7.25. The number of hydrogen-bond donors (Lipinski definition) is 1. The van der Waals surface area contributed by atoms with E-state index in [1.807, 2.05) is 30.3 Å². The fourth-order valence-corrected chi connectivity index (χ4v) is 0.962. The Morgan fingerprint density at radius 3 is 2.92 bits per heavy atom. The Bertz CT molecular complexity index is 377. The molecule has 0 unspecified atom stereocenters. The van der Waals surface area contributed by atoms with Gasteiger partial charge in [0.1, 0.15) is 0 Å². The Labute approximate surface area is 78.0 Å². The Hall–Kier alpha value is -1.77. The predicted molar refractivity (Wildman–Crippen MR) is 51.4 cm³/mol. The first-order chi connectivity index (χ1) is 6.36. The van der Waals surface area contributed by atoms with Crippen LogP contribution in [-0.2, 0) is 6.54 Å². The molecule has 2 nitrogen and oxygen atoms in total. The topological polar surface area (TPSA) is 49.8 Å². The number of benzene rings is 1. The molecule has 0 aliphatic rings. The molecule has 0 spiro atoms. The molecule has 2 N–H and O–H groups in total. The van der Waals surface area contributed by atoms with Crippen molar-refractivity contribution in [2.24, 2.45) is 5.73 Å². The molecular weight excluding hydrogens is 160 g/mol. The Morgan fingerprint density at radius 2 is 2.23 bits per heavy atom. The summed E-state index contributed by atoms with van der Waals surface area (Å²) in [6.07, 6.45) is 0.271. The van der Waals surface area contributed by atoms with Crippen molar-refractivity contribution < 1.29 is 0 Å². The lowest BCUT2D eigenvalue weighted by Gasteiger charge is -1.95. The van der Waals surface area contributed by atoms with Crippen molar-refractivity contribution in [3.05, 3.63) is 35.4 Å². The summed E-state index contributed by atoms with van der Waals surface area (Å²) in [6, 6.07) is 9.68. The van der Waals surface area contributed by atoms with E-state index in [9.17, 15) is 0 Å². The second-order valence-electron chi connectivity index (χ2n) is 2.54. The Balaban J connectivity index is 2.80. The van der Waals surface area contributed by atoms with Gasteiger partial charge in [0, 0.05) is 12.1 Å². The summed E-state index contributed by atoms with van der Waals surface area (Å²) < 4.78 is 0. The van der Waals surface area contributed by atoms with Crippen molar-refractivity contribution in [1.29, 1.82) is 5.26 Å². The minimum Gasteiger partial charge on any atom is -0.326 e. The summed E-state index contributed by atoms with van der Waals surface area (Å²) >= 11 is 0. The van der Waals surface area contributed by atoms with Crippen molar-refractivity contribution in [2.75, 3.05) is 0 Å². The van der Waals surface area contributed by atoms with Crippen molar-refractivity contribution in [3.8, 4) is 17.9 Å². The van der Waals surface area contributed by atoms with E-state index in [0.717, 1.165) is 11.1 Å². The molecule has 0 saturated heterocycles. The van der Waals surface area contributed by atoms with Crippen LogP contribution in [-0.4, -0.2) is 0 Å². The molecule has 0 heterocycles. The highest BCUT2D eigenvalue weighted by atomic mass is 14.5. The van der Waals surface area contributed by atoms with Crippen molar-refractivity contribution >= 4 is 0 Å². The first kappa shape index (κ1) is 9.32. The maximum absolute atomic E-state index is 8.27. The molecule has 0 radical (unpaired) electrons. The lowest BCUT2D eigenvalue weighted by atomic mass is 10.1. The van der Waals surface area contributed by atoms with Crippen LogP contribution in [0.5, 0.6) is 0 Å². The monoisotopic (exact) mass is 170 g/mol. The van der Waals surface area contributed by atoms with Gasteiger partial charge in [-0.3, -0.25) is 0 Å². The summed E-state index contributed by atoms with van der Waals surface area (Å²) in [5.74, 6) is 5.64. The zero-order valence-corrected chi connectivity index (χ0v) is 7.25. The predicted octanol–water partition coefficient (Wildman–Crippen LogP) is 1.41. The molecule has 0 bridgehead atoms. The largest absolute Gasteiger partial charge is 0.326 e. The van der Waals surface area contributed by atoms with Gasteiger partial charge in [0.25, 0.3) is 0 Å². The van der Waals surface area contributed by atoms with E-state index in [2.05, 4.69) is 11.8 Å². The second-order valence-corrected chi connectivity index (χ2v) is 2.54. The van der Waals surface area contributed by atoms with Gasteiger partial charge >= 0.3 is 0 Å². The molecule has 0 saturated carbocycles. The van der Waals surface area contributed by atoms with Crippen molar-refractivity contribution in [3.63, 3.8) is 0 Å². The number of nitrogens with zero attached hydrogens (tertiary/aromatic N) is 1. The van der Waals surface area contributed by atoms with Crippen LogP contribution in [0.25, 0.3) is 0 Å². The molecule has 2 heteroatoms. The third kappa shape index (κ3) is 2.99. The normalized spacial score (nSPS) is 8.31. The number of nitrogens with two attached hydrogens (primary N) is 1. The molecule has 64 valence electrons. The van der Waals surface area contributed by atoms with Crippen LogP contribution < -0.4 is 5.73 Å². The maximum atomic E-state index is 8.27. The van der Waals surface area contributed by atoms with Crippen LogP contribution in [0.3, 0.4) is 0 Å². The van der Waals surface area contributed by atoms with E-state index in [-0.39, 0.29) is 6.42 Å². The molecule has 0 fully saturated rings. The molecule has 13 heavy (non-hydrogen) atoms. The third-order valence-corrected chi connectivity index (χ3v) is 1.56. The highest BCUT2D eigenvalue weighted by molar-refractivity contribution is 5.37. The summed E-state index contributed by atoms with van der Waals surface area (Å²) in [7, 11) is 0. The molecule has 0 aliphatic heterocycles. The molecular formula is C11H10N2. The van der Waals surface area contributed by atoms with E-state index in [1.165, 1.54) is 0 Å². The molecule has 0 amide bonds. The molecule has 0 aliphatic carbocycles. The average Bonchev–Trinajstić information content (AvgIpc) is 2.19. The minimum atomic E-state index is 0.271. The van der Waals surface area contributed by atoms with Crippen LogP contribution >= 0.6 is 0 Å². The van der Waals surface area contributed by atoms with E-state index in [1.54, 1.807) is 0 Å². The van der Waals surface area contributed by atoms with E-state index >= 15 is 0 Å². The molecule has 1 aromatic rings. The highest BCUT2D eigenvalue weighted by Gasteiger charge is 1.89. The summed E-state index contributed by atoms with van der Waals surface area (Å²) in [5, 5.41) is 8.27. The Kier molecular flexibility index (Phi) is 3.57. The minimum absolute atomic E-state index is 0.271. The Morgan fingerprint density at radius 1 is 1.38 bits per heavy atom. The van der Waals surface area contributed by atoms with Crippen LogP contribution in [0.4, 0.5) is 0 Å². The first-order valence-electron chi connectivity index (χ1n) is 4.01. The molecule has 0 atom stereocenters. The fraction of sp³-hybridized carbons (Fsp3) is 0.182. The SMILES string of the molecule is N#CCC#Cc1cccc(CN)c1. The van der Waals surface area contributed by atoms with Gasteiger partial charge in [-0.05, 0) is 17.7 Å². The number of rotatable bonds is 1. The van der Waals surface area contributed by atoms with Crippen molar-refractivity contribution in [1.82, 2.24) is 0 Å². The first-order valence-corrected chi connectivity index (χ1v) is 4.01. The molecule has 1 rings (SSSR count). The maximum Gasteiger partial charge on any atom is 0.0966 e. The standard InChI is InChI=1S/C11H10N2/c12-7-2-1-4-10-5-3-6-11(8-10)9-13/h3,5-6,8H,2,9,13H2. The van der Waals surface area contributed by atoms with Crippen LogP contribution in [0, 0.1) is 23.2 Å². The van der Waals surface area contributed by atoms with E-state index < -0.39 is 0 Å².